The van der Waals surface area contributed by atoms with E-state index in [0.29, 0.717) is 24.2 Å². The molecule has 0 unspecified atom stereocenters. The van der Waals surface area contributed by atoms with Crippen molar-refractivity contribution >= 4 is 29.9 Å². The molecular weight excluding hydrogens is 338 g/mol. The van der Waals surface area contributed by atoms with E-state index in [0.717, 1.165) is 25.7 Å². The lowest BCUT2D eigenvalue weighted by atomic mass is 9.71. The molecule has 5 nitrogen and oxygen atoms in total. The van der Waals surface area contributed by atoms with Gasteiger partial charge in [0.25, 0.3) is 5.91 Å². The number of nitrogens with one attached hydrogen (secondary N) is 2. The van der Waals surface area contributed by atoms with E-state index in [4.69, 9.17) is 5.73 Å². The van der Waals surface area contributed by atoms with Gasteiger partial charge >= 0.3 is 0 Å². The van der Waals surface area contributed by atoms with Crippen molar-refractivity contribution in [3.05, 3.63) is 29.8 Å². The van der Waals surface area contributed by atoms with Crippen LogP contribution in [0.3, 0.4) is 0 Å². The summed E-state index contributed by atoms with van der Waals surface area (Å²) in [6, 6.07) is 7.16. The molecule has 0 aliphatic heterocycles. The highest BCUT2D eigenvalue weighted by Gasteiger charge is 2.33. The van der Waals surface area contributed by atoms with E-state index >= 15 is 0 Å². The second-order valence-electron chi connectivity index (χ2n) is 7.16. The van der Waals surface area contributed by atoms with Crippen molar-refractivity contribution in [3.8, 4) is 0 Å². The molecule has 4 N–H and O–H groups in total. The Bertz CT molecular complexity index is 584. The zero-order valence-corrected chi connectivity index (χ0v) is 16.0. The lowest BCUT2D eigenvalue weighted by Gasteiger charge is -2.35. The summed E-state index contributed by atoms with van der Waals surface area (Å²) in [6.07, 6.45) is 5.93. The number of anilines is 1. The molecule has 0 heterocycles. The predicted octanol–water partition coefficient (Wildman–Crippen LogP) is 3.48. The number of carbonyl (C=O) groups is 2. The van der Waals surface area contributed by atoms with Gasteiger partial charge < -0.3 is 16.4 Å². The van der Waals surface area contributed by atoms with E-state index in [1.807, 2.05) is 19.9 Å². The minimum Gasteiger partial charge on any atom is -0.350 e. The van der Waals surface area contributed by atoms with E-state index in [2.05, 4.69) is 10.6 Å². The number of carbonyl (C=O) groups excluding carboxylic acids is 2. The molecule has 2 rings (SSSR count). The van der Waals surface area contributed by atoms with Crippen molar-refractivity contribution in [2.24, 2.45) is 11.1 Å². The summed E-state index contributed by atoms with van der Waals surface area (Å²) in [6.45, 7) is 4.36. The summed E-state index contributed by atoms with van der Waals surface area (Å²) in [7, 11) is 0. The first-order chi connectivity index (χ1) is 11.5. The highest BCUT2D eigenvalue weighted by molar-refractivity contribution is 6.03. The third-order valence-corrected chi connectivity index (χ3v) is 4.75. The van der Waals surface area contributed by atoms with Gasteiger partial charge in [0, 0.05) is 12.5 Å². The average Bonchev–Trinajstić information content (AvgIpc) is 2.55. The van der Waals surface area contributed by atoms with Crippen LogP contribution in [0.5, 0.6) is 0 Å². The highest BCUT2D eigenvalue weighted by atomic mass is 35.5. The van der Waals surface area contributed by atoms with Gasteiger partial charge in [-0.15, -0.1) is 12.4 Å². The number of hydrogen-bond acceptors (Lipinski definition) is 3. The monoisotopic (exact) mass is 367 g/mol. The SMILES string of the molecule is CC(C)NC(=O)c1ccccc1NC(=O)CC1(CN)CCCCC1.Cl. The van der Waals surface area contributed by atoms with Gasteiger partial charge in [-0.3, -0.25) is 9.59 Å². The molecule has 1 aromatic carbocycles. The summed E-state index contributed by atoms with van der Waals surface area (Å²) >= 11 is 0. The van der Waals surface area contributed by atoms with Gasteiger partial charge in [-0.25, -0.2) is 0 Å². The van der Waals surface area contributed by atoms with E-state index in [1.54, 1.807) is 18.2 Å². The van der Waals surface area contributed by atoms with Crippen molar-refractivity contribution in [3.63, 3.8) is 0 Å². The minimum absolute atomic E-state index is 0. The van der Waals surface area contributed by atoms with Crippen molar-refractivity contribution in [2.75, 3.05) is 11.9 Å². The topological polar surface area (TPSA) is 84.2 Å². The number of halogens is 1. The molecular formula is C19H30ClN3O2. The second-order valence-corrected chi connectivity index (χ2v) is 7.16. The summed E-state index contributed by atoms with van der Waals surface area (Å²) in [4.78, 5) is 24.8. The third-order valence-electron chi connectivity index (χ3n) is 4.75. The van der Waals surface area contributed by atoms with Crippen LogP contribution < -0.4 is 16.4 Å². The van der Waals surface area contributed by atoms with Gasteiger partial charge in [0.15, 0.2) is 0 Å². The maximum atomic E-state index is 12.5. The molecule has 140 valence electrons. The standard InChI is InChI=1S/C19H29N3O2.ClH/c1-14(2)21-18(24)15-8-4-5-9-16(15)22-17(23)12-19(13-20)10-6-3-7-11-19;/h4-5,8-9,14H,3,6-7,10-13,20H2,1-2H3,(H,21,24)(H,22,23);1H. The van der Waals surface area contributed by atoms with E-state index in [-0.39, 0.29) is 35.7 Å². The Morgan fingerprint density at radius 3 is 2.40 bits per heavy atom. The van der Waals surface area contributed by atoms with Crippen LogP contribution in [0, 0.1) is 5.41 Å². The van der Waals surface area contributed by atoms with Crippen LogP contribution in [-0.2, 0) is 4.79 Å². The first kappa shape index (κ1) is 21.5. The van der Waals surface area contributed by atoms with Crippen molar-refractivity contribution in [2.45, 2.75) is 58.4 Å². The number of amides is 2. The molecule has 0 radical (unpaired) electrons. The largest absolute Gasteiger partial charge is 0.350 e. The first-order valence-electron chi connectivity index (χ1n) is 8.85. The van der Waals surface area contributed by atoms with Crippen LogP contribution in [0.2, 0.25) is 0 Å². The number of benzene rings is 1. The van der Waals surface area contributed by atoms with E-state index < -0.39 is 0 Å². The van der Waals surface area contributed by atoms with Crippen molar-refractivity contribution < 1.29 is 9.59 Å². The number of rotatable bonds is 6. The maximum Gasteiger partial charge on any atom is 0.253 e. The lowest BCUT2D eigenvalue weighted by molar-refractivity contribution is -0.118. The van der Waals surface area contributed by atoms with Gasteiger partial charge in [-0.1, -0.05) is 31.4 Å². The summed E-state index contributed by atoms with van der Waals surface area (Å²) in [5.41, 5.74) is 6.93. The zero-order valence-electron chi connectivity index (χ0n) is 15.1. The van der Waals surface area contributed by atoms with Gasteiger partial charge in [-0.05, 0) is 50.8 Å². The van der Waals surface area contributed by atoms with E-state index in [9.17, 15) is 9.59 Å². The normalized spacial score (nSPS) is 16.0. The average molecular weight is 368 g/mol. The number of nitrogens with two attached hydrogens (primary N) is 1. The molecule has 0 bridgehead atoms. The molecule has 0 saturated heterocycles. The number of para-hydroxylation sites is 1. The Labute approximate surface area is 156 Å². The summed E-state index contributed by atoms with van der Waals surface area (Å²) < 4.78 is 0. The number of hydrogen-bond donors (Lipinski definition) is 3. The van der Waals surface area contributed by atoms with Gasteiger partial charge in [-0.2, -0.15) is 0 Å². The maximum absolute atomic E-state index is 12.5. The van der Waals surface area contributed by atoms with Gasteiger partial charge in [0.05, 0.1) is 11.3 Å². The summed E-state index contributed by atoms with van der Waals surface area (Å²) in [5.74, 6) is -0.237. The molecule has 1 aliphatic carbocycles. The van der Waals surface area contributed by atoms with Crippen LogP contribution in [0.1, 0.15) is 62.7 Å². The van der Waals surface area contributed by atoms with E-state index in [1.165, 1.54) is 6.42 Å². The molecule has 1 aliphatic rings. The Morgan fingerprint density at radius 2 is 1.80 bits per heavy atom. The molecule has 25 heavy (non-hydrogen) atoms. The van der Waals surface area contributed by atoms with Gasteiger partial charge in [0.1, 0.15) is 0 Å². The fourth-order valence-corrected chi connectivity index (χ4v) is 3.42. The molecule has 0 spiro atoms. The van der Waals surface area contributed by atoms with Crippen LogP contribution in [0.25, 0.3) is 0 Å². The Balaban J connectivity index is 0.00000312. The fourth-order valence-electron chi connectivity index (χ4n) is 3.42. The Kier molecular flexibility index (Phi) is 8.39. The summed E-state index contributed by atoms with van der Waals surface area (Å²) in [5, 5.41) is 5.78. The highest BCUT2D eigenvalue weighted by Crippen LogP contribution is 2.38. The molecule has 1 fully saturated rings. The lowest BCUT2D eigenvalue weighted by Crippen LogP contribution is -2.37. The van der Waals surface area contributed by atoms with Crippen molar-refractivity contribution in [1.29, 1.82) is 0 Å². The molecule has 2 amide bonds. The quantitative estimate of drug-likeness (QED) is 0.719. The minimum atomic E-state index is -0.174. The predicted molar refractivity (Wildman–Crippen MR) is 104 cm³/mol. The van der Waals surface area contributed by atoms with Crippen LogP contribution in [-0.4, -0.2) is 24.4 Å². The fraction of sp³-hybridized carbons (Fsp3) is 0.579. The Hall–Kier alpha value is -1.59. The molecule has 6 heteroatoms. The first-order valence-corrected chi connectivity index (χ1v) is 8.85. The Morgan fingerprint density at radius 1 is 1.16 bits per heavy atom. The van der Waals surface area contributed by atoms with Gasteiger partial charge in [0.2, 0.25) is 5.91 Å². The zero-order chi connectivity index (χ0) is 17.6. The molecule has 0 aromatic heterocycles. The van der Waals surface area contributed by atoms with Crippen LogP contribution in [0.15, 0.2) is 24.3 Å². The smallest absolute Gasteiger partial charge is 0.253 e. The molecule has 1 saturated carbocycles. The third kappa shape index (κ3) is 6.01. The van der Waals surface area contributed by atoms with Crippen LogP contribution >= 0.6 is 12.4 Å². The second kappa shape index (κ2) is 9.78. The molecule has 1 aromatic rings. The molecule has 0 atom stereocenters. The van der Waals surface area contributed by atoms with Crippen LogP contribution in [0.4, 0.5) is 5.69 Å². The van der Waals surface area contributed by atoms with Crippen molar-refractivity contribution in [1.82, 2.24) is 5.32 Å².